The summed E-state index contributed by atoms with van der Waals surface area (Å²) in [5.41, 5.74) is 3.14. The van der Waals surface area contributed by atoms with Gasteiger partial charge in [0.1, 0.15) is 5.82 Å². The first-order valence-electron chi connectivity index (χ1n) is 7.16. The van der Waals surface area contributed by atoms with E-state index < -0.39 is 0 Å². The van der Waals surface area contributed by atoms with E-state index in [2.05, 4.69) is 16.6 Å². The van der Waals surface area contributed by atoms with E-state index in [1.54, 1.807) is 6.07 Å². The van der Waals surface area contributed by atoms with Gasteiger partial charge in [-0.3, -0.25) is 0 Å². The number of hydrogen-bond acceptors (Lipinski definition) is 3. The van der Waals surface area contributed by atoms with Gasteiger partial charge in [0, 0.05) is 29.2 Å². The zero-order chi connectivity index (χ0) is 14.5. The molecule has 0 atom stereocenters. The minimum absolute atomic E-state index is 0.222. The summed E-state index contributed by atoms with van der Waals surface area (Å²) in [6, 6.07) is 3.96. The van der Waals surface area contributed by atoms with Gasteiger partial charge < -0.3 is 10.0 Å². The number of nitrogens with one attached hydrogen (secondary N) is 2. The van der Waals surface area contributed by atoms with Crippen molar-refractivity contribution >= 4 is 23.3 Å². The Morgan fingerprint density at radius 2 is 2.00 bits per heavy atom. The number of aryl methyl sites for hydroxylation is 1. The van der Waals surface area contributed by atoms with Gasteiger partial charge in [0.2, 0.25) is 0 Å². The van der Waals surface area contributed by atoms with Crippen LogP contribution in [0.1, 0.15) is 43.2 Å². The van der Waals surface area contributed by atoms with E-state index in [-0.39, 0.29) is 5.82 Å². The van der Waals surface area contributed by atoms with Crippen LogP contribution < -0.4 is 10.0 Å². The molecule has 2 nitrogen and oxygen atoms in total. The van der Waals surface area contributed by atoms with Crippen molar-refractivity contribution in [2.75, 3.05) is 11.6 Å². The molecule has 110 valence electrons. The number of benzene rings is 1. The molecule has 1 aromatic carbocycles. The zero-order valence-corrected chi connectivity index (χ0v) is 13.1. The van der Waals surface area contributed by atoms with Gasteiger partial charge in [-0.25, -0.2) is 4.39 Å². The third kappa shape index (κ3) is 3.69. The van der Waals surface area contributed by atoms with Crippen LogP contribution in [0.3, 0.4) is 0 Å². The first-order valence-corrected chi connectivity index (χ1v) is 8.39. The normalized spacial score (nSPS) is 15.9. The number of hydrogen-bond donors (Lipinski definition) is 2. The highest BCUT2D eigenvalue weighted by Crippen LogP contribution is 2.27. The van der Waals surface area contributed by atoms with Crippen LogP contribution in [0.15, 0.2) is 18.7 Å². The Balaban J connectivity index is 2.14. The average molecular weight is 294 g/mol. The van der Waals surface area contributed by atoms with Crippen molar-refractivity contribution in [1.29, 1.82) is 0 Å². The van der Waals surface area contributed by atoms with E-state index >= 15 is 0 Å². The number of rotatable bonds is 5. The lowest BCUT2D eigenvalue weighted by atomic mass is 9.95. The maximum Gasteiger partial charge on any atom is 0.134 e. The molecule has 0 aromatic heterocycles. The Morgan fingerprint density at radius 1 is 1.30 bits per heavy atom. The SMILES string of the molecule is C=C(NSC)c1cc(C)c(NC2CCCCC2)cc1F. The molecule has 0 heterocycles. The van der Waals surface area contributed by atoms with E-state index in [9.17, 15) is 4.39 Å². The lowest BCUT2D eigenvalue weighted by molar-refractivity contribution is 0.462. The molecule has 0 unspecified atom stereocenters. The Bertz CT molecular complexity index is 482. The second-order valence-corrected chi connectivity index (χ2v) is 6.02. The van der Waals surface area contributed by atoms with Crippen LogP contribution in [-0.2, 0) is 0 Å². The van der Waals surface area contributed by atoms with Gasteiger partial charge in [0.15, 0.2) is 0 Å². The van der Waals surface area contributed by atoms with E-state index in [0.717, 1.165) is 11.3 Å². The Labute approximate surface area is 125 Å². The molecule has 0 amide bonds. The van der Waals surface area contributed by atoms with Gasteiger partial charge in [-0.1, -0.05) is 37.8 Å². The fourth-order valence-electron chi connectivity index (χ4n) is 2.71. The molecule has 2 N–H and O–H groups in total. The summed E-state index contributed by atoms with van der Waals surface area (Å²) in [4.78, 5) is 0. The summed E-state index contributed by atoms with van der Waals surface area (Å²) < 4.78 is 17.2. The Morgan fingerprint density at radius 3 is 2.65 bits per heavy atom. The fraction of sp³-hybridized carbons (Fsp3) is 0.500. The standard InChI is InChI=1S/C16H23FN2S/c1-11-9-14(12(2)19-20-3)15(17)10-16(11)18-13-7-5-4-6-8-13/h9-10,13,18-19H,2,4-8H2,1,3H3. The summed E-state index contributed by atoms with van der Waals surface area (Å²) in [6.07, 6.45) is 8.13. The molecule has 1 aromatic rings. The molecule has 1 fully saturated rings. The highest BCUT2D eigenvalue weighted by Gasteiger charge is 2.16. The molecule has 1 aliphatic carbocycles. The third-order valence-corrected chi connectivity index (χ3v) is 4.28. The number of anilines is 1. The van der Waals surface area contributed by atoms with E-state index in [0.29, 0.717) is 17.3 Å². The van der Waals surface area contributed by atoms with Crippen LogP contribution in [-0.4, -0.2) is 12.3 Å². The predicted octanol–water partition coefficient (Wildman–Crippen LogP) is 4.72. The van der Waals surface area contributed by atoms with Crippen LogP contribution in [0.2, 0.25) is 0 Å². The lowest BCUT2D eigenvalue weighted by Gasteiger charge is -2.25. The van der Waals surface area contributed by atoms with Crippen molar-refractivity contribution in [2.24, 2.45) is 0 Å². The minimum atomic E-state index is -0.222. The first kappa shape index (κ1) is 15.2. The van der Waals surface area contributed by atoms with Crippen molar-refractivity contribution in [2.45, 2.75) is 45.1 Å². The van der Waals surface area contributed by atoms with Crippen LogP contribution >= 0.6 is 11.9 Å². The molecule has 0 saturated heterocycles. The van der Waals surface area contributed by atoms with Crippen molar-refractivity contribution < 1.29 is 4.39 Å². The second kappa shape index (κ2) is 7.02. The van der Waals surface area contributed by atoms with Crippen LogP contribution in [0.5, 0.6) is 0 Å². The molecule has 0 radical (unpaired) electrons. The second-order valence-electron chi connectivity index (χ2n) is 5.41. The summed E-state index contributed by atoms with van der Waals surface area (Å²) >= 11 is 1.42. The van der Waals surface area contributed by atoms with Gasteiger partial charge in [0.25, 0.3) is 0 Å². The molecule has 1 aliphatic rings. The molecule has 0 aliphatic heterocycles. The summed E-state index contributed by atoms with van der Waals surface area (Å²) in [6.45, 7) is 5.88. The Hall–Kier alpha value is -1.16. The van der Waals surface area contributed by atoms with Crippen molar-refractivity contribution in [1.82, 2.24) is 4.72 Å². The predicted molar refractivity (Wildman–Crippen MR) is 87.3 cm³/mol. The molecule has 0 bridgehead atoms. The fourth-order valence-corrected chi connectivity index (χ4v) is 3.07. The van der Waals surface area contributed by atoms with Gasteiger partial charge >= 0.3 is 0 Å². The van der Waals surface area contributed by atoms with E-state index in [4.69, 9.17) is 0 Å². The molecular weight excluding hydrogens is 271 g/mol. The molecule has 1 saturated carbocycles. The molecule has 2 rings (SSSR count). The van der Waals surface area contributed by atoms with Gasteiger partial charge in [-0.05, 0) is 37.5 Å². The number of halogens is 1. The quantitative estimate of drug-likeness (QED) is 0.769. The summed E-state index contributed by atoms with van der Waals surface area (Å²) in [7, 11) is 0. The Kier molecular flexibility index (Phi) is 5.35. The van der Waals surface area contributed by atoms with Crippen molar-refractivity contribution in [3.8, 4) is 0 Å². The maximum atomic E-state index is 14.2. The van der Waals surface area contributed by atoms with Gasteiger partial charge in [-0.15, -0.1) is 0 Å². The minimum Gasteiger partial charge on any atom is -0.382 e. The first-order chi connectivity index (χ1) is 9.61. The molecule has 0 spiro atoms. The molecule has 4 heteroatoms. The smallest absolute Gasteiger partial charge is 0.134 e. The average Bonchev–Trinajstić information content (AvgIpc) is 2.44. The third-order valence-electron chi connectivity index (χ3n) is 3.83. The van der Waals surface area contributed by atoms with Crippen molar-refractivity contribution in [3.63, 3.8) is 0 Å². The molecular formula is C16H23FN2S. The van der Waals surface area contributed by atoms with Crippen molar-refractivity contribution in [3.05, 3.63) is 35.7 Å². The maximum absolute atomic E-state index is 14.2. The van der Waals surface area contributed by atoms with E-state index in [1.807, 2.05) is 19.2 Å². The monoisotopic (exact) mass is 294 g/mol. The van der Waals surface area contributed by atoms with Gasteiger partial charge in [-0.2, -0.15) is 0 Å². The van der Waals surface area contributed by atoms with Crippen LogP contribution in [0.4, 0.5) is 10.1 Å². The molecule has 20 heavy (non-hydrogen) atoms. The summed E-state index contributed by atoms with van der Waals surface area (Å²) in [5, 5.41) is 3.49. The highest BCUT2D eigenvalue weighted by atomic mass is 32.2. The highest BCUT2D eigenvalue weighted by molar-refractivity contribution is 7.97. The topological polar surface area (TPSA) is 24.1 Å². The lowest BCUT2D eigenvalue weighted by Crippen LogP contribution is -2.22. The largest absolute Gasteiger partial charge is 0.382 e. The summed E-state index contributed by atoms with van der Waals surface area (Å²) in [5.74, 6) is -0.222. The van der Waals surface area contributed by atoms with Crippen LogP contribution in [0.25, 0.3) is 5.70 Å². The van der Waals surface area contributed by atoms with Gasteiger partial charge in [0.05, 0.1) is 0 Å². The van der Waals surface area contributed by atoms with Crippen LogP contribution in [0, 0.1) is 12.7 Å². The zero-order valence-electron chi connectivity index (χ0n) is 12.3. The van der Waals surface area contributed by atoms with E-state index in [1.165, 1.54) is 44.1 Å².